The van der Waals surface area contributed by atoms with Crippen LogP contribution in [0, 0.1) is 6.92 Å². The van der Waals surface area contributed by atoms with Crippen LogP contribution >= 0.6 is 0 Å². The molecule has 3 aromatic rings. The van der Waals surface area contributed by atoms with E-state index in [4.69, 9.17) is 0 Å². The first-order chi connectivity index (χ1) is 11.9. The number of hydrogen-bond donors (Lipinski definition) is 1. The maximum absolute atomic E-state index is 12.9. The van der Waals surface area contributed by atoms with Crippen LogP contribution < -0.4 is 4.90 Å². The minimum Gasteiger partial charge on any atom is -0.357 e. The second kappa shape index (κ2) is 6.55. The van der Waals surface area contributed by atoms with E-state index < -0.39 is 0 Å². The molecule has 2 heterocycles. The van der Waals surface area contributed by atoms with Crippen LogP contribution in [0.3, 0.4) is 0 Å². The van der Waals surface area contributed by atoms with Crippen molar-refractivity contribution in [2.75, 3.05) is 26.0 Å². The number of carbonyl (C=O) groups excluding carboxylic acids is 1. The number of aromatic amines is 1. The van der Waals surface area contributed by atoms with Gasteiger partial charge in [0.1, 0.15) is 0 Å². The Balaban J connectivity index is 1.86. The fourth-order valence-corrected chi connectivity index (χ4v) is 2.78. The highest BCUT2D eigenvalue weighted by atomic mass is 16.2. The van der Waals surface area contributed by atoms with Crippen LogP contribution in [-0.4, -0.2) is 46.9 Å². The normalized spacial score (nSPS) is 12.2. The second-order valence-electron chi connectivity index (χ2n) is 6.47. The third-order valence-electron chi connectivity index (χ3n) is 4.50. The summed E-state index contributed by atoms with van der Waals surface area (Å²) in [6.07, 6.45) is 1.61. The van der Waals surface area contributed by atoms with E-state index >= 15 is 0 Å². The van der Waals surface area contributed by atoms with Crippen molar-refractivity contribution in [3.63, 3.8) is 0 Å². The molecule has 0 fully saturated rings. The van der Waals surface area contributed by atoms with E-state index in [-0.39, 0.29) is 11.9 Å². The number of rotatable bonds is 4. The fraction of sp³-hybridized carbons (Fsp3) is 0.316. The van der Waals surface area contributed by atoms with Gasteiger partial charge in [0, 0.05) is 38.6 Å². The number of H-pyrrole nitrogens is 1. The summed E-state index contributed by atoms with van der Waals surface area (Å²) in [5, 5.41) is 1.14. The van der Waals surface area contributed by atoms with Crippen LogP contribution in [0.5, 0.6) is 0 Å². The highest BCUT2D eigenvalue weighted by Gasteiger charge is 2.22. The maximum Gasteiger partial charge on any atom is 0.257 e. The Kier molecular flexibility index (Phi) is 4.44. The number of aryl methyl sites for hydroxylation is 1. The van der Waals surface area contributed by atoms with Gasteiger partial charge >= 0.3 is 0 Å². The van der Waals surface area contributed by atoms with Gasteiger partial charge in [-0.05, 0) is 31.4 Å². The zero-order chi connectivity index (χ0) is 18.1. The molecule has 0 saturated carbocycles. The molecular weight excluding hydrogens is 314 g/mol. The zero-order valence-corrected chi connectivity index (χ0v) is 15.2. The highest BCUT2D eigenvalue weighted by molar-refractivity contribution is 5.95. The topological polar surface area (TPSA) is 65.1 Å². The molecule has 0 spiro atoms. The van der Waals surface area contributed by atoms with E-state index in [1.165, 1.54) is 0 Å². The standard InChI is InChI=1S/C19H23N5O/c1-12-15(11-20-19(21-12)23(3)4)18(25)24(5)13(2)17-10-14-8-6-7-9-16(14)22-17/h6-11,13,22H,1-5H3/t13-/m0/s1. The number of para-hydroxylation sites is 1. The first kappa shape index (κ1) is 17.0. The minimum atomic E-state index is -0.0900. The third kappa shape index (κ3) is 3.20. The molecule has 0 aliphatic heterocycles. The highest BCUT2D eigenvalue weighted by Crippen LogP contribution is 2.25. The molecule has 0 aliphatic carbocycles. The van der Waals surface area contributed by atoms with Gasteiger partial charge < -0.3 is 14.8 Å². The molecule has 1 atom stereocenters. The average molecular weight is 337 g/mol. The lowest BCUT2D eigenvalue weighted by Crippen LogP contribution is -2.31. The van der Waals surface area contributed by atoms with Gasteiger partial charge in [-0.25, -0.2) is 9.97 Å². The number of amides is 1. The molecule has 3 rings (SSSR count). The third-order valence-corrected chi connectivity index (χ3v) is 4.50. The lowest BCUT2D eigenvalue weighted by atomic mass is 10.1. The number of benzene rings is 1. The molecule has 6 nitrogen and oxygen atoms in total. The van der Waals surface area contributed by atoms with Crippen molar-refractivity contribution in [3.8, 4) is 0 Å². The van der Waals surface area contributed by atoms with Gasteiger partial charge in [-0.1, -0.05) is 18.2 Å². The summed E-state index contributed by atoms with van der Waals surface area (Å²) >= 11 is 0. The van der Waals surface area contributed by atoms with Gasteiger partial charge in [-0.2, -0.15) is 0 Å². The molecule has 130 valence electrons. The maximum atomic E-state index is 12.9. The van der Waals surface area contributed by atoms with Gasteiger partial charge in [0.05, 0.1) is 17.3 Å². The van der Waals surface area contributed by atoms with Crippen molar-refractivity contribution in [3.05, 3.63) is 53.5 Å². The summed E-state index contributed by atoms with van der Waals surface area (Å²) in [7, 11) is 5.55. The van der Waals surface area contributed by atoms with E-state index in [9.17, 15) is 4.79 Å². The number of carbonyl (C=O) groups is 1. The Hall–Kier alpha value is -2.89. The molecule has 6 heteroatoms. The van der Waals surface area contributed by atoms with Crippen molar-refractivity contribution in [2.45, 2.75) is 19.9 Å². The Morgan fingerprint density at radius 2 is 1.92 bits per heavy atom. The van der Waals surface area contributed by atoms with Crippen LogP contribution in [0.2, 0.25) is 0 Å². The molecule has 1 amide bonds. The summed E-state index contributed by atoms with van der Waals surface area (Å²) in [5.74, 6) is 0.509. The minimum absolute atomic E-state index is 0.0889. The van der Waals surface area contributed by atoms with E-state index in [1.807, 2.05) is 51.0 Å². The monoisotopic (exact) mass is 337 g/mol. The van der Waals surface area contributed by atoms with Gasteiger partial charge in [0.15, 0.2) is 0 Å². The van der Waals surface area contributed by atoms with Crippen LogP contribution in [0.4, 0.5) is 5.95 Å². The molecule has 0 unspecified atom stereocenters. The summed E-state index contributed by atoms with van der Waals surface area (Å²) in [6.45, 7) is 3.84. The summed E-state index contributed by atoms with van der Waals surface area (Å²) in [6, 6.07) is 10.1. The Bertz CT molecular complexity index is 882. The lowest BCUT2D eigenvalue weighted by molar-refractivity contribution is 0.0738. The summed E-state index contributed by atoms with van der Waals surface area (Å²) < 4.78 is 0. The largest absolute Gasteiger partial charge is 0.357 e. The van der Waals surface area contributed by atoms with Crippen LogP contribution in [0.15, 0.2) is 36.5 Å². The van der Waals surface area contributed by atoms with Gasteiger partial charge in [-0.15, -0.1) is 0 Å². The number of anilines is 1. The Morgan fingerprint density at radius 1 is 1.20 bits per heavy atom. The molecular formula is C19H23N5O. The average Bonchev–Trinajstić information content (AvgIpc) is 3.03. The van der Waals surface area contributed by atoms with Crippen molar-refractivity contribution in [2.24, 2.45) is 0 Å². The smallest absolute Gasteiger partial charge is 0.257 e. The molecule has 0 bridgehead atoms. The van der Waals surface area contributed by atoms with E-state index in [0.29, 0.717) is 17.2 Å². The van der Waals surface area contributed by atoms with Crippen LogP contribution in [0.25, 0.3) is 10.9 Å². The molecule has 1 aromatic carbocycles. The number of nitrogens with one attached hydrogen (secondary N) is 1. The summed E-state index contributed by atoms with van der Waals surface area (Å²) in [4.78, 5) is 28.5. The fourth-order valence-electron chi connectivity index (χ4n) is 2.78. The van der Waals surface area contributed by atoms with Crippen LogP contribution in [0.1, 0.15) is 34.7 Å². The Labute approximate surface area is 147 Å². The van der Waals surface area contributed by atoms with Gasteiger partial charge in [0.2, 0.25) is 5.95 Å². The van der Waals surface area contributed by atoms with E-state index in [2.05, 4.69) is 27.1 Å². The second-order valence-corrected chi connectivity index (χ2v) is 6.47. The number of hydrogen-bond acceptors (Lipinski definition) is 4. The van der Waals surface area contributed by atoms with Crippen molar-refractivity contribution >= 4 is 22.8 Å². The molecule has 0 radical (unpaired) electrons. The van der Waals surface area contributed by atoms with Crippen molar-refractivity contribution in [1.29, 1.82) is 0 Å². The summed E-state index contributed by atoms with van der Waals surface area (Å²) in [5.41, 5.74) is 3.27. The van der Waals surface area contributed by atoms with Crippen molar-refractivity contribution < 1.29 is 4.79 Å². The lowest BCUT2D eigenvalue weighted by Gasteiger charge is -2.25. The van der Waals surface area contributed by atoms with Gasteiger partial charge in [0.25, 0.3) is 5.91 Å². The molecule has 2 aromatic heterocycles. The quantitative estimate of drug-likeness (QED) is 0.794. The predicted octanol–water partition coefficient (Wildman–Crippen LogP) is 3.17. The number of fused-ring (bicyclic) bond motifs is 1. The first-order valence-corrected chi connectivity index (χ1v) is 8.24. The van der Waals surface area contributed by atoms with Gasteiger partial charge in [-0.3, -0.25) is 4.79 Å². The van der Waals surface area contributed by atoms with E-state index in [1.54, 1.807) is 18.1 Å². The van der Waals surface area contributed by atoms with Crippen molar-refractivity contribution in [1.82, 2.24) is 19.9 Å². The Morgan fingerprint density at radius 3 is 2.56 bits per heavy atom. The number of nitrogens with zero attached hydrogens (tertiary/aromatic N) is 4. The molecule has 0 aliphatic rings. The first-order valence-electron chi connectivity index (χ1n) is 8.24. The SMILES string of the molecule is Cc1nc(N(C)C)ncc1C(=O)N(C)[C@@H](C)c1cc2ccccc2[nH]1. The molecule has 25 heavy (non-hydrogen) atoms. The predicted molar refractivity (Wildman–Crippen MR) is 99.9 cm³/mol. The molecule has 0 saturated heterocycles. The zero-order valence-electron chi connectivity index (χ0n) is 15.2. The van der Waals surface area contributed by atoms with E-state index in [0.717, 1.165) is 16.6 Å². The number of aromatic nitrogens is 3. The molecule has 1 N–H and O–H groups in total. The van der Waals surface area contributed by atoms with Crippen LogP contribution in [-0.2, 0) is 0 Å².